The average Bonchev–Trinajstić information content (AvgIpc) is 2.66. The second kappa shape index (κ2) is 10.7. The number of carbonyl (C=O) groups excluding carboxylic acids is 2. The molecule has 0 radical (unpaired) electrons. The highest BCUT2D eigenvalue weighted by atomic mass is 35.5. The molecule has 2 aromatic rings. The number of nitrogens with one attached hydrogen (secondary N) is 2. The van der Waals surface area contributed by atoms with Gasteiger partial charge in [0.05, 0.1) is 10.7 Å². The lowest BCUT2D eigenvalue weighted by Gasteiger charge is -2.07. The summed E-state index contributed by atoms with van der Waals surface area (Å²) in [6.45, 7) is 1.86. The van der Waals surface area contributed by atoms with E-state index in [1.165, 1.54) is 5.56 Å². The Morgan fingerprint density at radius 1 is 0.963 bits per heavy atom. The molecule has 5 nitrogen and oxygen atoms in total. The largest absolute Gasteiger partial charge is 0.325 e. The van der Waals surface area contributed by atoms with Gasteiger partial charge >= 0.3 is 0 Å². The molecule has 0 saturated carbocycles. The summed E-state index contributed by atoms with van der Waals surface area (Å²) in [7, 11) is 0. The molecule has 0 aliphatic heterocycles. The van der Waals surface area contributed by atoms with Crippen LogP contribution in [0, 0.1) is 0 Å². The Kier molecular flexibility index (Phi) is 8.30. The number of nitrogens with zero attached hydrogens (tertiary/aromatic N) is 1. The molecule has 2 N–H and O–H groups in total. The van der Waals surface area contributed by atoms with E-state index in [0.717, 1.165) is 18.6 Å². The molecule has 7 heteroatoms. The lowest BCUT2D eigenvalue weighted by molar-refractivity contribution is -0.124. The molecule has 2 amide bonds. The molecule has 0 atom stereocenters. The second-order valence-corrected chi connectivity index (χ2v) is 6.88. The van der Waals surface area contributed by atoms with E-state index in [1.54, 1.807) is 18.2 Å². The van der Waals surface area contributed by atoms with Gasteiger partial charge in [-0.2, -0.15) is 5.10 Å². The Bertz CT molecular complexity index is 823. The quantitative estimate of drug-likeness (QED) is 0.487. The molecule has 0 unspecified atom stereocenters. The lowest BCUT2D eigenvalue weighted by Crippen LogP contribution is -2.21. The van der Waals surface area contributed by atoms with Crippen LogP contribution in [-0.4, -0.2) is 17.5 Å². The van der Waals surface area contributed by atoms with Gasteiger partial charge in [-0.1, -0.05) is 53.5 Å². The smallest absolute Gasteiger partial charge is 0.240 e. The maximum Gasteiger partial charge on any atom is 0.240 e. The number of halogens is 2. The van der Waals surface area contributed by atoms with Crippen LogP contribution in [0.25, 0.3) is 0 Å². The van der Waals surface area contributed by atoms with E-state index < -0.39 is 0 Å². The summed E-state index contributed by atoms with van der Waals surface area (Å²) in [5.74, 6) is -0.638. The van der Waals surface area contributed by atoms with Crippen LogP contribution < -0.4 is 10.7 Å². The molecular formula is C20H21Cl2N3O2. The Morgan fingerprint density at radius 2 is 1.67 bits per heavy atom. The van der Waals surface area contributed by atoms with Gasteiger partial charge in [0.15, 0.2) is 0 Å². The third kappa shape index (κ3) is 7.81. The van der Waals surface area contributed by atoms with Gasteiger partial charge in [0.1, 0.15) is 0 Å². The van der Waals surface area contributed by atoms with Crippen molar-refractivity contribution in [2.45, 2.75) is 32.6 Å². The number of hydrazone groups is 1. The monoisotopic (exact) mass is 405 g/mol. The van der Waals surface area contributed by atoms with Gasteiger partial charge in [-0.3, -0.25) is 9.59 Å². The van der Waals surface area contributed by atoms with Crippen molar-refractivity contribution in [1.82, 2.24) is 5.43 Å². The van der Waals surface area contributed by atoms with Gasteiger partial charge in [0.2, 0.25) is 11.8 Å². The summed E-state index contributed by atoms with van der Waals surface area (Å²) in [6, 6.07) is 14.8. The van der Waals surface area contributed by atoms with Crippen LogP contribution in [0.15, 0.2) is 53.6 Å². The average molecular weight is 406 g/mol. The SMILES string of the molecule is C/C(CCc1ccccc1)=N\NC(=O)CCC(=O)Nc1cc(Cl)ccc1Cl. The van der Waals surface area contributed by atoms with Gasteiger partial charge in [-0.15, -0.1) is 0 Å². The third-order valence-electron chi connectivity index (χ3n) is 3.77. The maximum atomic E-state index is 11.9. The highest BCUT2D eigenvalue weighted by molar-refractivity contribution is 6.35. The highest BCUT2D eigenvalue weighted by Gasteiger charge is 2.09. The van der Waals surface area contributed by atoms with Crippen molar-refractivity contribution in [3.8, 4) is 0 Å². The van der Waals surface area contributed by atoms with Gasteiger partial charge in [0.25, 0.3) is 0 Å². The zero-order valence-corrected chi connectivity index (χ0v) is 16.5. The topological polar surface area (TPSA) is 70.6 Å². The molecule has 0 heterocycles. The van der Waals surface area contributed by atoms with E-state index in [4.69, 9.17) is 23.2 Å². The fourth-order valence-electron chi connectivity index (χ4n) is 2.27. The number of hydrogen-bond donors (Lipinski definition) is 2. The maximum absolute atomic E-state index is 11.9. The number of anilines is 1. The summed E-state index contributed by atoms with van der Waals surface area (Å²) in [5, 5.41) is 7.56. The molecule has 142 valence electrons. The van der Waals surface area contributed by atoms with Crippen molar-refractivity contribution in [1.29, 1.82) is 0 Å². The minimum absolute atomic E-state index is 0.0211. The predicted octanol–water partition coefficient (Wildman–Crippen LogP) is 4.84. The molecule has 0 bridgehead atoms. The Hall–Kier alpha value is -2.37. The van der Waals surface area contributed by atoms with E-state index in [2.05, 4.69) is 28.0 Å². The van der Waals surface area contributed by atoms with Crippen molar-refractivity contribution in [2.24, 2.45) is 5.10 Å². The predicted molar refractivity (Wildman–Crippen MR) is 110 cm³/mol. The van der Waals surface area contributed by atoms with Gasteiger partial charge in [0, 0.05) is 23.6 Å². The molecular weight excluding hydrogens is 385 g/mol. The fraction of sp³-hybridized carbons (Fsp3) is 0.250. The van der Waals surface area contributed by atoms with Gasteiger partial charge in [-0.05, 0) is 43.5 Å². The van der Waals surface area contributed by atoms with Gasteiger partial charge in [-0.25, -0.2) is 5.43 Å². The van der Waals surface area contributed by atoms with Crippen molar-refractivity contribution in [3.05, 3.63) is 64.1 Å². The van der Waals surface area contributed by atoms with Crippen LogP contribution in [-0.2, 0) is 16.0 Å². The molecule has 0 spiro atoms. The van der Waals surface area contributed by atoms with Crippen molar-refractivity contribution in [3.63, 3.8) is 0 Å². The normalized spacial score (nSPS) is 11.1. The van der Waals surface area contributed by atoms with Crippen LogP contribution in [0.4, 0.5) is 5.69 Å². The van der Waals surface area contributed by atoms with Crippen molar-refractivity contribution >= 4 is 46.4 Å². The van der Waals surface area contributed by atoms with Crippen LogP contribution in [0.3, 0.4) is 0 Å². The van der Waals surface area contributed by atoms with E-state index >= 15 is 0 Å². The Morgan fingerprint density at radius 3 is 2.41 bits per heavy atom. The van der Waals surface area contributed by atoms with Crippen molar-refractivity contribution in [2.75, 3.05) is 5.32 Å². The van der Waals surface area contributed by atoms with E-state index in [-0.39, 0.29) is 24.7 Å². The van der Waals surface area contributed by atoms with Crippen LogP contribution in [0.2, 0.25) is 10.0 Å². The van der Waals surface area contributed by atoms with E-state index in [0.29, 0.717) is 15.7 Å². The van der Waals surface area contributed by atoms with E-state index in [9.17, 15) is 9.59 Å². The number of rotatable bonds is 8. The second-order valence-electron chi connectivity index (χ2n) is 6.04. The highest BCUT2D eigenvalue weighted by Crippen LogP contribution is 2.25. The zero-order chi connectivity index (χ0) is 19.6. The summed E-state index contributed by atoms with van der Waals surface area (Å²) in [4.78, 5) is 23.8. The zero-order valence-electron chi connectivity index (χ0n) is 15.0. The Balaban J connectivity index is 1.71. The molecule has 2 aromatic carbocycles. The lowest BCUT2D eigenvalue weighted by atomic mass is 10.1. The van der Waals surface area contributed by atoms with Crippen LogP contribution >= 0.6 is 23.2 Å². The molecule has 0 saturated heterocycles. The summed E-state index contributed by atoms with van der Waals surface area (Å²) in [6.07, 6.45) is 1.65. The summed E-state index contributed by atoms with van der Waals surface area (Å²) >= 11 is 11.9. The minimum atomic E-state index is -0.320. The first-order chi connectivity index (χ1) is 12.9. The van der Waals surface area contributed by atoms with E-state index in [1.807, 2.05) is 25.1 Å². The number of aryl methyl sites for hydroxylation is 1. The summed E-state index contributed by atoms with van der Waals surface area (Å²) in [5.41, 5.74) is 4.94. The van der Waals surface area contributed by atoms with Crippen LogP contribution in [0.5, 0.6) is 0 Å². The number of carbonyl (C=O) groups is 2. The molecule has 27 heavy (non-hydrogen) atoms. The molecule has 0 aromatic heterocycles. The summed E-state index contributed by atoms with van der Waals surface area (Å²) < 4.78 is 0. The standard InChI is InChI=1S/C20H21Cl2N3O2/c1-14(7-8-15-5-3-2-4-6-15)24-25-20(27)12-11-19(26)23-18-13-16(21)9-10-17(18)22/h2-6,9-10,13H,7-8,11-12H2,1H3,(H,23,26)(H,25,27)/b24-14+. The minimum Gasteiger partial charge on any atom is -0.325 e. The first kappa shape index (κ1) is 20.9. The number of amides is 2. The molecule has 2 rings (SSSR count). The first-order valence-corrected chi connectivity index (χ1v) is 9.30. The Labute approximate surface area is 168 Å². The van der Waals surface area contributed by atoms with Crippen LogP contribution in [0.1, 0.15) is 31.7 Å². The first-order valence-electron chi connectivity index (χ1n) is 8.55. The van der Waals surface area contributed by atoms with Crippen molar-refractivity contribution < 1.29 is 9.59 Å². The molecule has 0 aliphatic rings. The van der Waals surface area contributed by atoms with Gasteiger partial charge < -0.3 is 5.32 Å². The molecule has 0 aliphatic carbocycles. The molecule has 0 fully saturated rings. The fourth-order valence-corrected chi connectivity index (χ4v) is 2.61. The third-order valence-corrected chi connectivity index (χ3v) is 4.34. The number of benzene rings is 2. The number of hydrogen-bond acceptors (Lipinski definition) is 3.